The van der Waals surface area contributed by atoms with E-state index in [-0.39, 0.29) is 10.0 Å². The molecular formula is C9H5BrFNO4. The molecule has 0 unspecified atom stereocenters. The zero-order valence-corrected chi connectivity index (χ0v) is 9.27. The van der Waals surface area contributed by atoms with Gasteiger partial charge in [0.1, 0.15) is 0 Å². The van der Waals surface area contributed by atoms with Crippen molar-refractivity contribution in [3.63, 3.8) is 0 Å². The van der Waals surface area contributed by atoms with Gasteiger partial charge in [-0.3, -0.25) is 10.1 Å². The molecule has 16 heavy (non-hydrogen) atoms. The monoisotopic (exact) mass is 289 g/mol. The largest absolute Gasteiger partial charge is 0.478 e. The molecule has 0 spiro atoms. The molecule has 84 valence electrons. The zero-order valence-electron chi connectivity index (χ0n) is 7.68. The summed E-state index contributed by atoms with van der Waals surface area (Å²) < 4.78 is 13.8. The Hall–Kier alpha value is -1.76. The summed E-state index contributed by atoms with van der Waals surface area (Å²) in [5, 5.41) is 18.8. The number of nitro groups is 1. The predicted molar refractivity (Wildman–Crippen MR) is 57.4 cm³/mol. The number of carboxylic acid groups (broad SMARTS) is 1. The molecule has 0 aliphatic carbocycles. The SMILES string of the molecule is O=C(O)/C=C/c1c(Br)ccc([N+](=O)[O-])c1F. The number of aliphatic carboxylic acids is 1. The van der Waals surface area contributed by atoms with Crippen molar-refractivity contribution in [3.8, 4) is 0 Å². The van der Waals surface area contributed by atoms with Crippen LogP contribution in [-0.4, -0.2) is 16.0 Å². The number of nitrogens with zero attached hydrogens (tertiary/aromatic N) is 1. The minimum atomic E-state index is -1.27. The summed E-state index contributed by atoms with van der Waals surface area (Å²) in [7, 11) is 0. The van der Waals surface area contributed by atoms with E-state index in [0.29, 0.717) is 6.08 Å². The second-order valence-corrected chi connectivity index (χ2v) is 3.58. The third kappa shape index (κ3) is 2.63. The van der Waals surface area contributed by atoms with Gasteiger partial charge in [-0.2, -0.15) is 4.39 Å². The first-order chi connectivity index (χ1) is 7.43. The van der Waals surface area contributed by atoms with Crippen molar-refractivity contribution in [2.75, 3.05) is 0 Å². The molecule has 0 aliphatic rings. The highest BCUT2D eigenvalue weighted by Crippen LogP contribution is 2.28. The molecule has 0 atom stereocenters. The third-order valence-corrected chi connectivity index (χ3v) is 2.39. The van der Waals surface area contributed by atoms with E-state index >= 15 is 0 Å². The summed E-state index contributed by atoms with van der Waals surface area (Å²) in [4.78, 5) is 19.8. The first kappa shape index (κ1) is 12.3. The van der Waals surface area contributed by atoms with Crippen LogP contribution < -0.4 is 0 Å². The van der Waals surface area contributed by atoms with Crippen LogP contribution in [-0.2, 0) is 4.79 Å². The number of nitro benzene ring substituents is 1. The Morgan fingerprint density at radius 2 is 2.19 bits per heavy atom. The van der Waals surface area contributed by atoms with Crippen molar-refractivity contribution >= 4 is 33.7 Å². The molecule has 7 heteroatoms. The normalized spacial score (nSPS) is 10.6. The fourth-order valence-electron chi connectivity index (χ4n) is 1.01. The van der Waals surface area contributed by atoms with Crippen molar-refractivity contribution in [2.24, 2.45) is 0 Å². The van der Waals surface area contributed by atoms with Gasteiger partial charge in [-0.05, 0) is 12.1 Å². The summed E-state index contributed by atoms with van der Waals surface area (Å²) in [6.07, 6.45) is 1.65. The zero-order chi connectivity index (χ0) is 12.3. The van der Waals surface area contributed by atoms with Crippen molar-refractivity contribution in [1.82, 2.24) is 0 Å². The van der Waals surface area contributed by atoms with Gasteiger partial charge in [0.2, 0.25) is 5.82 Å². The van der Waals surface area contributed by atoms with Gasteiger partial charge in [0.05, 0.1) is 4.92 Å². The Balaban J connectivity index is 3.32. The van der Waals surface area contributed by atoms with Crippen LogP contribution in [0.1, 0.15) is 5.56 Å². The Labute approximate surface area is 97.5 Å². The third-order valence-electron chi connectivity index (χ3n) is 1.70. The highest BCUT2D eigenvalue weighted by molar-refractivity contribution is 9.10. The van der Waals surface area contributed by atoms with Crippen molar-refractivity contribution in [2.45, 2.75) is 0 Å². The number of carbonyl (C=O) groups is 1. The van der Waals surface area contributed by atoms with Gasteiger partial charge in [0.25, 0.3) is 0 Å². The maximum Gasteiger partial charge on any atom is 0.328 e. The molecule has 1 aromatic carbocycles. The molecule has 0 bridgehead atoms. The van der Waals surface area contributed by atoms with E-state index in [2.05, 4.69) is 15.9 Å². The van der Waals surface area contributed by atoms with Crippen LogP contribution in [0.3, 0.4) is 0 Å². The number of carboxylic acids is 1. The van der Waals surface area contributed by atoms with E-state index in [0.717, 1.165) is 12.1 Å². The molecule has 1 aromatic rings. The van der Waals surface area contributed by atoms with E-state index in [4.69, 9.17) is 5.11 Å². The number of halogens is 2. The Morgan fingerprint density at radius 3 is 2.69 bits per heavy atom. The average Bonchev–Trinajstić information content (AvgIpc) is 2.16. The second kappa shape index (κ2) is 4.84. The minimum absolute atomic E-state index is 0.170. The van der Waals surface area contributed by atoms with Crippen LogP contribution >= 0.6 is 15.9 Å². The fourth-order valence-corrected chi connectivity index (χ4v) is 1.44. The summed E-state index contributed by atoms with van der Waals surface area (Å²) in [5.41, 5.74) is -0.871. The second-order valence-electron chi connectivity index (χ2n) is 2.72. The van der Waals surface area contributed by atoms with Crippen LogP contribution in [0.4, 0.5) is 10.1 Å². The van der Waals surface area contributed by atoms with Crippen LogP contribution in [0.15, 0.2) is 22.7 Å². The molecule has 0 radical (unpaired) electrons. The molecule has 0 amide bonds. The van der Waals surface area contributed by atoms with Crippen LogP contribution in [0.25, 0.3) is 6.08 Å². The van der Waals surface area contributed by atoms with Crippen molar-refractivity contribution < 1.29 is 19.2 Å². The molecule has 5 nitrogen and oxygen atoms in total. The summed E-state index contributed by atoms with van der Waals surface area (Å²) in [5.74, 6) is -2.34. The highest BCUT2D eigenvalue weighted by Gasteiger charge is 2.18. The average molecular weight is 290 g/mol. The Bertz CT molecular complexity index is 487. The molecule has 0 aromatic heterocycles. The lowest BCUT2D eigenvalue weighted by molar-refractivity contribution is -0.387. The number of hydrogen-bond donors (Lipinski definition) is 1. The quantitative estimate of drug-likeness (QED) is 0.527. The van der Waals surface area contributed by atoms with Gasteiger partial charge < -0.3 is 5.11 Å². The lowest BCUT2D eigenvalue weighted by Crippen LogP contribution is -1.96. The summed E-state index contributed by atoms with van der Waals surface area (Å²) in [6.45, 7) is 0. The molecule has 0 saturated carbocycles. The van der Waals surface area contributed by atoms with E-state index in [1.807, 2.05) is 0 Å². The fraction of sp³-hybridized carbons (Fsp3) is 0. The van der Waals surface area contributed by atoms with Gasteiger partial charge in [-0.1, -0.05) is 15.9 Å². The van der Waals surface area contributed by atoms with Gasteiger partial charge in [-0.25, -0.2) is 4.79 Å². The lowest BCUT2D eigenvalue weighted by atomic mass is 10.1. The van der Waals surface area contributed by atoms with E-state index in [9.17, 15) is 19.3 Å². The molecule has 0 heterocycles. The van der Waals surface area contributed by atoms with Crippen LogP contribution in [0, 0.1) is 15.9 Å². The Kier molecular flexibility index (Phi) is 3.73. The highest BCUT2D eigenvalue weighted by atomic mass is 79.9. The number of rotatable bonds is 3. The molecule has 1 rings (SSSR count). The smallest absolute Gasteiger partial charge is 0.328 e. The van der Waals surface area contributed by atoms with Crippen molar-refractivity contribution in [3.05, 3.63) is 44.2 Å². The number of hydrogen-bond acceptors (Lipinski definition) is 3. The van der Waals surface area contributed by atoms with Gasteiger partial charge in [0, 0.05) is 22.2 Å². The van der Waals surface area contributed by atoms with Gasteiger partial charge in [-0.15, -0.1) is 0 Å². The molecule has 0 aliphatic heterocycles. The molecule has 0 fully saturated rings. The predicted octanol–water partition coefficient (Wildman–Crippen LogP) is 2.59. The maximum absolute atomic E-state index is 13.5. The molecule has 0 saturated heterocycles. The van der Waals surface area contributed by atoms with E-state index < -0.39 is 22.4 Å². The van der Waals surface area contributed by atoms with Crippen LogP contribution in [0.2, 0.25) is 0 Å². The molecular weight excluding hydrogens is 285 g/mol. The standard InChI is InChI=1S/C9H5BrFNO4/c10-6-2-3-7(12(15)16)9(11)5(6)1-4-8(13)14/h1-4H,(H,13,14)/b4-1+. The summed E-state index contributed by atoms with van der Waals surface area (Å²) in [6, 6.07) is 2.28. The van der Waals surface area contributed by atoms with E-state index in [1.165, 1.54) is 6.07 Å². The topological polar surface area (TPSA) is 80.4 Å². The Morgan fingerprint density at radius 1 is 1.56 bits per heavy atom. The summed E-state index contributed by atoms with van der Waals surface area (Å²) >= 11 is 2.97. The minimum Gasteiger partial charge on any atom is -0.478 e. The lowest BCUT2D eigenvalue weighted by Gasteiger charge is -2.00. The van der Waals surface area contributed by atoms with E-state index in [1.54, 1.807) is 0 Å². The first-order valence-electron chi connectivity index (χ1n) is 3.97. The van der Waals surface area contributed by atoms with Gasteiger partial charge >= 0.3 is 11.7 Å². The molecule has 1 N–H and O–H groups in total. The number of benzene rings is 1. The van der Waals surface area contributed by atoms with Crippen molar-refractivity contribution in [1.29, 1.82) is 0 Å². The maximum atomic E-state index is 13.5. The first-order valence-corrected chi connectivity index (χ1v) is 4.76. The van der Waals surface area contributed by atoms with Gasteiger partial charge in [0.15, 0.2) is 0 Å². The van der Waals surface area contributed by atoms with Crippen LogP contribution in [0.5, 0.6) is 0 Å².